The maximum absolute atomic E-state index is 15.1. The van der Waals surface area contributed by atoms with Gasteiger partial charge in [-0.25, -0.2) is 4.39 Å². The van der Waals surface area contributed by atoms with Gasteiger partial charge in [-0.3, -0.25) is 19.7 Å². The normalized spacial score (nSPS) is 13.2. The summed E-state index contributed by atoms with van der Waals surface area (Å²) in [5, 5.41) is 33.7. The third kappa shape index (κ3) is 6.24. The van der Waals surface area contributed by atoms with E-state index in [4.69, 9.17) is 9.05 Å². The Hall–Kier alpha value is -5.47. The van der Waals surface area contributed by atoms with Crippen molar-refractivity contribution in [2.45, 2.75) is 6.54 Å². The van der Waals surface area contributed by atoms with Crippen LogP contribution in [0.15, 0.2) is 63.8 Å². The lowest BCUT2D eigenvalue weighted by Crippen LogP contribution is -2.51. The standard InChI is InChI=1S/C26H24FN7O7/c27-19-11-16(20-13-18(41-30-20)14-28-24-5-10-40-31-24)1-3-21(19)32-6-8-33(9-7-32)25(36)15-29-26(37)17-2-4-22(34(38)39)23(35)12-17/h1-5,10-13,35H,6-9,14-15H2,(H,28,31)(H,29,37). The van der Waals surface area contributed by atoms with Gasteiger partial charge in [0.25, 0.3) is 5.91 Å². The van der Waals surface area contributed by atoms with Gasteiger partial charge >= 0.3 is 5.69 Å². The van der Waals surface area contributed by atoms with Gasteiger partial charge in [-0.1, -0.05) is 16.4 Å². The van der Waals surface area contributed by atoms with E-state index in [2.05, 4.69) is 20.9 Å². The number of hydrogen-bond donors (Lipinski definition) is 3. The first-order valence-corrected chi connectivity index (χ1v) is 12.5. The quantitative estimate of drug-likeness (QED) is 0.201. The molecule has 41 heavy (non-hydrogen) atoms. The van der Waals surface area contributed by atoms with E-state index < -0.39 is 28.1 Å². The van der Waals surface area contributed by atoms with Gasteiger partial charge < -0.3 is 34.6 Å². The van der Waals surface area contributed by atoms with Crippen molar-refractivity contribution in [2.24, 2.45) is 0 Å². The molecule has 1 aliphatic heterocycles. The largest absolute Gasteiger partial charge is 0.502 e. The minimum absolute atomic E-state index is 0.0188. The highest BCUT2D eigenvalue weighted by molar-refractivity contribution is 5.97. The molecule has 212 valence electrons. The van der Waals surface area contributed by atoms with Crippen LogP contribution in [-0.2, 0) is 11.3 Å². The molecule has 2 aromatic carbocycles. The molecule has 5 rings (SSSR count). The molecule has 14 nitrogen and oxygen atoms in total. The summed E-state index contributed by atoms with van der Waals surface area (Å²) in [6.45, 7) is 1.43. The molecule has 0 radical (unpaired) electrons. The second kappa shape index (κ2) is 11.7. The Bertz CT molecular complexity index is 1570. The van der Waals surface area contributed by atoms with E-state index in [0.29, 0.717) is 61.2 Å². The Morgan fingerprint density at radius 1 is 1.07 bits per heavy atom. The number of rotatable bonds is 9. The lowest BCUT2D eigenvalue weighted by molar-refractivity contribution is -0.385. The van der Waals surface area contributed by atoms with Crippen molar-refractivity contribution >= 4 is 29.0 Å². The number of phenolic OH excluding ortho intramolecular Hbond substituents is 1. The van der Waals surface area contributed by atoms with Crippen molar-refractivity contribution < 1.29 is 33.1 Å². The highest BCUT2D eigenvalue weighted by Gasteiger charge is 2.24. The van der Waals surface area contributed by atoms with Crippen LogP contribution in [-0.4, -0.2) is 69.8 Å². The number of piperazine rings is 1. The van der Waals surface area contributed by atoms with Crippen molar-refractivity contribution in [3.8, 4) is 17.0 Å². The highest BCUT2D eigenvalue weighted by Crippen LogP contribution is 2.28. The van der Waals surface area contributed by atoms with Gasteiger partial charge in [0.15, 0.2) is 17.3 Å². The molecule has 4 aromatic rings. The molecule has 2 aromatic heterocycles. The van der Waals surface area contributed by atoms with Gasteiger partial charge in [0.2, 0.25) is 5.91 Å². The van der Waals surface area contributed by atoms with Crippen LogP contribution in [0.5, 0.6) is 5.75 Å². The molecule has 15 heteroatoms. The fourth-order valence-corrected chi connectivity index (χ4v) is 4.32. The Balaban J connectivity index is 1.11. The number of nitro groups is 1. The Labute approximate surface area is 231 Å². The van der Waals surface area contributed by atoms with E-state index in [9.17, 15) is 24.8 Å². The van der Waals surface area contributed by atoms with Crippen molar-refractivity contribution in [1.29, 1.82) is 0 Å². The zero-order valence-electron chi connectivity index (χ0n) is 21.4. The smallest absolute Gasteiger partial charge is 0.310 e. The molecular formula is C26H24FN7O7. The number of carbonyl (C=O) groups excluding carboxylic acids is 2. The topological polar surface area (TPSA) is 180 Å². The molecule has 3 heterocycles. The number of carbonyl (C=O) groups is 2. The second-order valence-electron chi connectivity index (χ2n) is 9.09. The zero-order chi connectivity index (χ0) is 28.9. The summed E-state index contributed by atoms with van der Waals surface area (Å²) in [4.78, 5) is 38.4. The number of aromatic hydroxyl groups is 1. The summed E-state index contributed by atoms with van der Waals surface area (Å²) in [6.07, 6.45) is 1.44. The third-order valence-corrected chi connectivity index (χ3v) is 6.49. The van der Waals surface area contributed by atoms with Crippen LogP contribution in [0, 0.1) is 15.9 Å². The first-order valence-electron chi connectivity index (χ1n) is 12.5. The van der Waals surface area contributed by atoms with E-state index >= 15 is 4.39 Å². The molecule has 1 fully saturated rings. The van der Waals surface area contributed by atoms with E-state index in [1.165, 1.54) is 18.4 Å². The third-order valence-electron chi connectivity index (χ3n) is 6.49. The van der Waals surface area contributed by atoms with Crippen LogP contribution in [0.4, 0.5) is 21.6 Å². The van der Waals surface area contributed by atoms with Gasteiger partial charge in [0.1, 0.15) is 17.8 Å². The number of hydrogen-bond acceptors (Lipinski definition) is 11. The SMILES string of the molecule is O=C(NCC(=O)N1CCN(c2ccc(-c3cc(CNc4ccon4)on3)cc2F)CC1)c1ccc([N+](=O)[O-])c(O)c1. The molecule has 0 spiro atoms. The maximum atomic E-state index is 15.1. The first-order chi connectivity index (χ1) is 19.8. The van der Waals surface area contributed by atoms with Crippen LogP contribution in [0.1, 0.15) is 16.1 Å². The molecule has 3 N–H and O–H groups in total. The number of anilines is 2. The maximum Gasteiger partial charge on any atom is 0.310 e. The molecule has 2 amide bonds. The van der Waals surface area contributed by atoms with Crippen LogP contribution < -0.4 is 15.5 Å². The van der Waals surface area contributed by atoms with Gasteiger partial charge in [-0.15, -0.1) is 0 Å². The average molecular weight is 566 g/mol. The minimum atomic E-state index is -0.769. The van der Waals surface area contributed by atoms with Gasteiger partial charge in [-0.2, -0.15) is 0 Å². The van der Waals surface area contributed by atoms with Gasteiger partial charge in [-0.05, 0) is 24.3 Å². The summed E-state index contributed by atoms with van der Waals surface area (Å²) in [5.74, 6) is -0.989. The van der Waals surface area contributed by atoms with E-state index in [1.54, 1.807) is 29.2 Å². The molecular weight excluding hydrogens is 541 g/mol. The zero-order valence-corrected chi connectivity index (χ0v) is 21.4. The van der Waals surface area contributed by atoms with Crippen molar-refractivity contribution in [2.75, 3.05) is 42.9 Å². The minimum Gasteiger partial charge on any atom is -0.502 e. The second-order valence-corrected chi connectivity index (χ2v) is 9.09. The van der Waals surface area contributed by atoms with Crippen LogP contribution in [0.3, 0.4) is 0 Å². The molecule has 0 unspecified atom stereocenters. The summed E-state index contributed by atoms with van der Waals surface area (Å²) in [6, 6.07) is 11.3. The summed E-state index contributed by atoms with van der Waals surface area (Å²) < 4.78 is 25.1. The number of nitro benzene ring substituents is 1. The molecule has 1 aliphatic rings. The molecule has 0 saturated carbocycles. The molecule has 0 bridgehead atoms. The number of nitrogens with one attached hydrogen (secondary N) is 2. The predicted octanol–water partition coefficient (Wildman–Crippen LogP) is 2.77. The first kappa shape index (κ1) is 27.1. The number of phenols is 1. The van der Waals surface area contributed by atoms with Crippen molar-refractivity contribution in [3.05, 3.63) is 82.0 Å². The number of amides is 2. The van der Waals surface area contributed by atoms with Gasteiger partial charge in [0.05, 0.1) is 23.7 Å². The monoisotopic (exact) mass is 565 g/mol. The van der Waals surface area contributed by atoms with Crippen LogP contribution in [0.25, 0.3) is 11.3 Å². The van der Waals surface area contributed by atoms with Crippen LogP contribution >= 0.6 is 0 Å². The Morgan fingerprint density at radius 2 is 1.88 bits per heavy atom. The van der Waals surface area contributed by atoms with E-state index in [1.807, 2.05) is 4.90 Å². The van der Waals surface area contributed by atoms with Crippen molar-refractivity contribution in [3.63, 3.8) is 0 Å². The molecule has 0 atom stereocenters. The van der Waals surface area contributed by atoms with Gasteiger partial charge in [0, 0.05) is 55.5 Å². The van der Waals surface area contributed by atoms with E-state index in [-0.39, 0.29) is 18.0 Å². The highest BCUT2D eigenvalue weighted by atomic mass is 19.1. The fraction of sp³-hybridized carbons (Fsp3) is 0.231. The summed E-state index contributed by atoms with van der Waals surface area (Å²) in [5.41, 5.74) is 0.877. The average Bonchev–Trinajstić information content (AvgIpc) is 3.67. The lowest BCUT2D eigenvalue weighted by atomic mass is 10.1. The molecule has 1 saturated heterocycles. The number of halogens is 1. The Kier molecular flexibility index (Phi) is 7.76. The fourth-order valence-electron chi connectivity index (χ4n) is 4.32. The molecule has 0 aliphatic carbocycles. The number of benzene rings is 2. The number of nitrogens with zero attached hydrogens (tertiary/aromatic N) is 5. The predicted molar refractivity (Wildman–Crippen MR) is 142 cm³/mol. The Morgan fingerprint density at radius 3 is 2.56 bits per heavy atom. The summed E-state index contributed by atoms with van der Waals surface area (Å²) >= 11 is 0. The van der Waals surface area contributed by atoms with Crippen molar-refractivity contribution in [1.82, 2.24) is 20.5 Å². The lowest BCUT2D eigenvalue weighted by Gasteiger charge is -2.36. The number of aromatic nitrogens is 2. The van der Waals surface area contributed by atoms with Crippen LogP contribution in [0.2, 0.25) is 0 Å². The van der Waals surface area contributed by atoms with E-state index in [0.717, 1.165) is 12.1 Å². The summed E-state index contributed by atoms with van der Waals surface area (Å²) in [7, 11) is 0.